The summed E-state index contributed by atoms with van der Waals surface area (Å²) in [7, 11) is -1.64. The van der Waals surface area contributed by atoms with Gasteiger partial charge in [-0.05, 0) is 20.8 Å². The fourth-order valence-corrected chi connectivity index (χ4v) is 2.25. The molecule has 108 valence electrons. The van der Waals surface area contributed by atoms with Gasteiger partial charge in [0, 0.05) is 6.08 Å². The molecule has 9 heteroatoms. The van der Waals surface area contributed by atoms with Crippen molar-refractivity contribution >= 4 is 33.7 Å². The molecule has 1 unspecified atom stereocenters. The van der Waals surface area contributed by atoms with Crippen LogP contribution in [-0.2, 0) is 20.5 Å². The van der Waals surface area contributed by atoms with Gasteiger partial charge in [-0.25, -0.2) is 13.7 Å². The highest BCUT2D eigenvalue weighted by atomic mass is 32.2. The number of anilines is 1. The molecule has 2 amide bonds. The monoisotopic (exact) mass is 298 g/mol. The van der Waals surface area contributed by atoms with Crippen molar-refractivity contribution in [1.29, 1.82) is 0 Å². The van der Waals surface area contributed by atoms with Gasteiger partial charge in [-0.3, -0.25) is 14.8 Å². The number of aromatic nitrogens is 2. The Morgan fingerprint density at radius 3 is 2.75 bits per heavy atom. The molecule has 1 aromatic heterocycles. The van der Waals surface area contributed by atoms with E-state index in [1.165, 1.54) is 23.2 Å². The lowest BCUT2D eigenvalue weighted by Gasteiger charge is -2.19. The Morgan fingerprint density at radius 2 is 2.20 bits per heavy atom. The lowest BCUT2D eigenvalue weighted by molar-refractivity contribution is -0.114. The SMILES string of the molecule is CC(C)(C)OC(=O)Nc1cnn(C2=CC(=O)NS2=O)c1. The fraction of sp³-hybridized carbons (Fsp3) is 0.364. The van der Waals surface area contributed by atoms with Gasteiger partial charge < -0.3 is 4.74 Å². The van der Waals surface area contributed by atoms with Crippen LogP contribution < -0.4 is 10.0 Å². The van der Waals surface area contributed by atoms with E-state index in [4.69, 9.17) is 4.74 Å². The predicted octanol–water partition coefficient (Wildman–Crippen LogP) is 0.822. The van der Waals surface area contributed by atoms with Gasteiger partial charge in [0.25, 0.3) is 5.91 Å². The van der Waals surface area contributed by atoms with Crippen molar-refractivity contribution in [3.05, 3.63) is 18.5 Å². The summed E-state index contributed by atoms with van der Waals surface area (Å²) in [6.45, 7) is 5.25. The molecular formula is C11H14N4O4S. The second-order valence-corrected chi connectivity index (χ2v) is 6.18. The summed E-state index contributed by atoms with van der Waals surface area (Å²) in [5.74, 6) is -0.449. The van der Waals surface area contributed by atoms with Crippen LogP contribution in [0, 0.1) is 0 Å². The topological polar surface area (TPSA) is 102 Å². The van der Waals surface area contributed by atoms with Crippen LogP contribution in [0.15, 0.2) is 18.5 Å². The van der Waals surface area contributed by atoms with Crippen molar-refractivity contribution in [2.45, 2.75) is 26.4 Å². The molecule has 0 saturated heterocycles. The summed E-state index contributed by atoms with van der Waals surface area (Å²) in [5, 5.41) is 6.62. The Labute approximate surface area is 117 Å². The van der Waals surface area contributed by atoms with Crippen LogP contribution in [0.2, 0.25) is 0 Å². The van der Waals surface area contributed by atoms with Crippen LogP contribution in [-0.4, -0.2) is 31.6 Å². The number of rotatable bonds is 2. The van der Waals surface area contributed by atoms with Gasteiger partial charge >= 0.3 is 6.09 Å². The number of ether oxygens (including phenoxy) is 1. The zero-order chi connectivity index (χ0) is 14.9. The Kier molecular flexibility index (Phi) is 3.62. The van der Waals surface area contributed by atoms with E-state index in [2.05, 4.69) is 15.1 Å². The third kappa shape index (κ3) is 3.44. The van der Waals surface area contributed by atoms with E-state index in [0.29, 0.717) is 5.69 Å². The molecule has 2 heterocycles. The van der Waals surface area contributed by atoms with Gasteiger partial charge in [-0.1, -0.05) is 0 Å². The fourth-order valence-electron chi connectivity index (χ4n) is 1.42. The first-order chi connectivity index (χ1) is 9.24. The van der Waals surface area contributed by atoms with Gasteiger partial charge in [0.05, 0.1) is 18.1 Å². The molecule has 1 aliphatic heterocycles. The highest BCUT2D eigenvalue weighted by molar-refractivity contribution is 7.93. The molecule has 2 rings (SSSR count). The first-order valence-electron chi connectivity index (χ1n) is 5.74. The summed E-state index contributed by atoms with van der Waals surface area (Å²) < 4.78 is 20.1. The minimum Gasteiger partial charge on any atom is -0.444 e. The molecule has 0 fully saturated rings. The number of nitrogens with zero attached hydrogens (tertiary/aromatic N) is 2. The summed E-state index contributed by atoms with van der Waals surface area (Å²) in [6.07, 6.45) is 3.37. The zero-order valence-electron chi connectivity index (χ0n) is 11.2. The van der Waals surface area contributed by atoms with E-state index in [1.54, 1.807) is 20.8 Å². The molecule has 20 heavy (non-hydrogen) atoms. The molecule has 0 aromatic carbocycles. The van der Waals surface area contributed by atoms with Crippen molar-refractivity contribution in [3.63, 3.8) is 0 Å². The number of hydrogen-bond donors (Lipinski definition) is 2. The van der Waals surface area contributed by atoms with E-state index >= 15 is 0 Å². The maximum Gasteiger partial charge on any atom is 0.412 e. The molecule has 0 saturated carbocycles. The highest BCUT2D eigenvalue weighted by Crippen LogP contribution is 2.16. The lowest BCUT2D eigenvalue weighted by Crippen LogP contribution is -2.27. The average Bonchev–Trinajstić information content (AvgIpc) is 2.82. The molecule has 0 radical (unpaired) electrons. The van der Waals surface area contributed by atoms with Crippen molar-refractivity contribution < 1.29 is 18.5 Å². The summed E-state index contributed by atoms with van der Waals surface area (Å²) >= 11 is 0. The number of amides is 2. The van der Waals surface area contributed by atoms with Crippen LogP contribution in [0.5, 0.6) is 0 Å². The van der Waals surface area contributed by atoms with Crippen LogP contribution in [0.1, 0.15) is 20.8 Å². The maximum atomic E-state index is 11.6. The van der Waals surface area contributed by atoms with Crippen LogP contribution >= 0.6 is 0 Å². The third-order valence-corrected chi connectivity index (χ3v) is 3.16. The normalized spacial score (nSPS) is 18.4. The van der Waals surface area contributed by atoms with Gasteiger partial charge in [-0.15, -0.1) is 0 Å². The third-order valence-electron chi connectivity index (χ3n) is 2.09. The maximum absolute atomic E-state index is 11.6. The lowest BCUT2D eigenvalue weighted by atomic mass is 10.2. The summed E-state index contributed by atoms with van der Waals surface area (Å²) in [5.41, 5.74) is -0.234. The van der Waals surface area contributed by atoms with Gasteiger partial charge in [-0.2, -0.15) is 5.10 Å². The predicted molar refractivity (Wildman–Crippen MR) is 72.6 cm³/mol. The van der Waals surface area contributed by atoms with Crippen LogP contribution in [0.4, 0.5) is 10.5 Å². The van der Waals surface area contributed by atoms with Crippen molar-refractivity contribution in [2.24, 2.45) is 0 Å². The average molecular weight is 298 g/mol. The first kappa shape index (κ1) is 14.3. The van der Waals surface area contributed by atoms with Gasteiger partial charge in [0.15, 0.2) is 16.0 Å². The Balaban J connectivity index is 2.07. The van der Waals surface area contributed by atoms with E-state index in [9.17, 15) is 13.8 Å². The molecule has 0 spiro atoms. The molecule has 0 bridgehead atoms. The molecule has 1 atom stereocenters. The quantitative estimate of drug-likeness (QED) is 0.841. The smallest absolute Gasteiger partial charge is 0.412 e. The second-order valence-electron chi connectivity index (χ2n) is 5.02. The molecule has 1 aromatic rings. The Hall–Kier alpha value is -2.16. The van der Waals surface area contributed by atoms with Gasteiger partial charge in [0.2, 0.25) is 0 Å². The number of carbonyl (C=O) groups excluding carboxylic acids is 2. The minimum absolute atomic E-state index is 0.201. The largest absolute Gasteiger partial charge is 0.444 e. The van der Waals surface area contributed by atoms with E-state index in [-0.39, 0.29) is 5.03 Å². The highest BCUT2D eigenvalue weighted by Gasteiger charge is 2.22. The van der Waals surface area contributed by atoms with Gasteiger partial charge in [0.1, 0.15) is 5.60 Å². The van der Waals surface area contributed by atoms with Crippen LogP contribution in [0.25, 0.3) is 5.03 Å². The van der Waals surface area contributed by atoms with Crippen molar-refractivity contribution in [1.82, 2.24) is 14.5 Å². The van der Waals surface area contributed by atoms with E-state index < -0.39 is 28.6 Å². The van der Waals surface area contributed by atoms with E-state index in [0.717, 1.165) is 0 Å². The summed E-state index contributed by atoms with van der Waals surface area (Å²) in [6, 6.07) is 0. The molecule has 2 N–H and O–H groups in total. The Bertz CT molecular complexity index is 614. The first-order valence-corrected chi connectivity index (χ1v) is 6.89. The molecular weight excluding hydrogens is 284 g/mol. The number of nitrogens with one attached hydrogen (secondary N) is 2. The minimum atomic E-state index is -1.64. The summed E-state index contributed by atoms with van der Waals surface area (Å²) in [4.78, 5) is 22.6. The molecule has 0 aliphatic carbocycles. The Morgan fingerprint density at radius 1 is 1.50 bits per heavy atom. The van der Waals surface area contributed by atoms with E-state index in [1.807, 2.05) is 0 Å². The van der Waals surface area contributed by atoms with Crippen LogP contribution in [0.3, 0.4) is 0 Å². The second kappa shape index (κ2) is 5.08. The molecule has 8 nitrogen and oxygen atoms in total. The zero-order valence-corrected chi connectivity index (χ0v) is 12.0. The van der Waals surface area contributed by atoms with Crippen molar-refractivity contribution in [2.75, 3.05) is 5.32 Å². The number of carbonyl (C=O) groups is 2. The molecule has 1 aliphatic rings. The standard InChI is InChI=1S/C11H14N4O4S/c1-11(2,3)19-10(17)13-7-5-12-15(6-7)9-4-8(16)14-20(9)18/h4-6H,1-3H3,(H,13,17)(H,14,16). The van der Waals surface area contributed by atoms with Crippen molar-refractivity contribution in [3.8, 4) is 0 Å². The number of hydrogen-bond acceptors (Lipinski definition) is 5.